The van der Waals surface area contributed by atoms with Gasteiger partial charge in [-0.15, -0.1) is 0 Å². The normalized spacial score (nSPS) is 10.9. The summed E-state index contributed by atoms with van der Waals surface area (Å²) in [5.41, 5.74) is 2.16. The van der Waals surface area contributed by atoms with Crippen molar-refractivity contribution in [1.29, 1.82) is 0 Å². The van der Waals surface area contributed by atoms with Crippen LogP contribution >= 0.6 is 11.8 Å². The standard InChI is InChI=1S/C14H14N2OS/c1-12(17)18-11-2-4-13-5-7-14(8-6-13)16-10-3-9-15-16/h2-10H,11H2,1H3. The van der Waals surface area contributed by atoms with E-state index in [0.29, 0.717) is 0 Å². The van der Waals surface area contributed by atoms with E-state index in [1.165, 1.54) is 11.8 Å². The highest BCUT2D eigenvalue weighted by atomic mass is 32.2. The molecular weight excluding hydrogens is 244 g/mol. The highest BCUT2D eigenvalue weighted by molar-refractivity contribution is 8.13. The Morgan fingerprint density at radius 2 is 2.17 bits per heavy atom. The van der Waals surface area contributed by atoms with Crippen molar-refractivity contribution in [3.05, 3.63) is 54.4 Å². The van der Waals surface area contributed by atoms with Gasteiger partial charge in [0.25, 0.3) is 0 Å². The summed E-state index contributed by atoms with van der Waals surface area (Å²) in [7, 11) is 0. The third kappa shape index (κ3) is 3.60. The van der Waals surface area contributed by atoms with Crippen LogP contribution in [0.5, 0.6) is 0 Å². The minimum absolute atomic E-state index is 0.147. The van der Waals surface area contributed by atoms with Gasteiger partial charge in [0, 0.05) is 25.1 Å². The Bertz CT molecular complexity index is 529. The molecule has 1 aromatic heterocycles. The molecule has 0 N–H and O–H groups in total. The van der Waals surface area contributed by atoms with Gasteiger partial charge in [0.15, 0.2) is 5.12 Å². The molecule has 0 aliphatic carbocycles. The van der Waals surface area contributed by atoms with E-state index in [0.717, 1.165) is 17.0 Å². The zero-order chi connectivity index (χ0) is 12.8. The molecule has 0 aliphatic rings. The average molecular weight is 258 g/mol. The third-order valence-corrected chi connectivity index (χ3v) is 3.12. The topological polar surface area (TPSA) is 34.9 Å². The molecule has 2 rings (SSSR count). The van der Waals surface area contributed by atoms with E-state index in [2.05, 4.69) is 5.10 Å². The zero-order valence-electron chi connectivity index (χ0n) is 10.1. The van der Waals surface area contributed by atoms with Crippen LogP contribution in [0.2, 0.25) is 0 Å². The van der Waals surface area contributed by atoms with Crippen LogP contribution in [0.15, 0.2) is 48.8 Å². The summed E-state index contributed by atoms with van der Waals surface area (Å²) in [6.07, 6.45) is 7.68. The fraction of sp³-hybridized carbons (Fsp3) is 0.143. The Morgan fingerprint density at radius 3 is 2.78 bits per heavy atom. The van der Waals surface area contributed by atoms with E-state index < -0.39 is 0 Å². The largest absolute Gasteiger partial charge is 0.288 e. The number of thioether (sulfide) groups is 1. The van der Waals surface area contributed by atoms with Crippen LogP contribution in [0.25, 0.3) is 11.8 Å². The number of carbonyl (C=O) groups excluding carboxylic acids is 1. The maximum atomic E-state index is 10.8. The molecule has 0 saturated carbocycles. The minimum atomic E-state index is 0.147. The number of nitrogens with zero attached hydrogens (tertiary/aromatic N) is 2. The van der Waals surface area contributed by atoms with Crippen LogP contribution in [0, 0.1) is 0 Å². The van der Waals surface area contributed by atoms with Gasteiger partial charge in [0.1, 0.15) is 0 Å². The zero-order valence-corrected chi connectivity index (χ0v) is 10.9. The lowest BCUT2D eigenvalue weighted by atomic mass is 10.2. The molecule has 0 fully saturated rings. The number of carbonyl (C=O) groups is 1. The summed E-state index contributed by atoms with van der Waals surface area (Å²) >= 11 is 1.31. The summed E-state index contributed by atoms with van der Waals surface area (Å²) in [6.45, 7) is 1.58. The van der Waals surface area contributed by atoms with Gasteiger partial charge in [-0.2, -0.15) is 5.10 Å². The van der Waals surface area contributed by atoms with Crippen molar-refractivity contribution in [2.24, 2.45) is 0 Å². The molecule has 18 heavy (non-hydrogen) atoms. The molecule has 0 aliphatic heterocycles. The fourth-order valence-corrected chi connectivity index (χ4v) is 1.94. The summed E-state index contributed by atoms with van der Waals surface area (Å²) < 4.78 is 1.82. The van der Waals surface area contributed by atoms with Crippen LogP contribution in [-0.4, -0.2) is 20.6 Å². The fourth-order valence-electron chi connectivity index (χ4n) is 1.51. The summed E-state index contributed by atoms with van der Waals surface area (Å²) in [4.78, 5) is 10.8. The second kappa shape index (κ2) is 6.21. The lowest BCUT2D eigenvalue weighted by Gasteiger charge is -2.01. The van der Waals surface area contributed by atoms with Crippen LogP contribution in [0.1, 0.15) is 12.5 Å². The van der Waals surface area contributed by atoms with Crippen LogP contribution < -0.4 is 0 Å². The molecular formula is C14H14N2OS. The van der Waals surface area contributed by atoms with Crippen molar-refractivity contribution in [2.75, 3.05) is 5.75 Å². The molecule has 0 unspecified atom stereocenters. The quantitative estimate of drug-likeness (QED) is 0.845. The first kappa shape index (κ1) is 12.6. The molecule has 0 spiro atoms. The number of hydrogen-bond donors (Lipinski definition) is 0. The first-order valence-electron chi connectivity index (χ1n) is 5.66. The summed E-state index contributed by atoms with van der Waals surface area (Å²) in [5.74, 6) is 0.718. The maximum absolute atomic E-state index is 10.8. The highest BCUT2D eigenvalue weighted by Crippen LogP contribution is 2.10. The second-order valence-corrected chi connectivity index (χ2v) is 4.94. The lowest BCUT2D eigenvalue weighted by molar-refractivity contribution is -0.109. The average Bonchev–Trinajstić information content (AvgIpc) is 2.89. The molecule has 0 amide bonds. The van der Waals surface area contributed by atoms with E-state index in [4.69, 9.17) is 0 Å². The summed E-state index contributed by atoms with van der Waals surface area (Å²) in [6, 6.07) is 10.0. The van der Waals surface area contributed by atoms with Gasteiger partial charge < -0.3 is 0 Å². The van der Waals surface area contributed by atoms with E-state index in [1.807, 2.05) is 53.4 Å². The Hall–Kier alpha value is -1.81. The lowest BCUT2D eigenvalue weighted by Crippen LogP contribution is -1.93. The Morgan fingerprint density at radius 1 is 1.39 bits per heavy atom. The van der Waals surface area contributed by atoms with Crippen molar-refractivity contribution < 1.29 is 4.79 Å². The molecule has 3 nitrogen and oxygen atoms in total. The Balaban J connectivity index is 1.98. The van der Waals surface area contributed by atoms with E-state index >= 15 is 0 Å². The van der Waals surface area contributed by atoms with Gasteiger partial charge in [0.05, 0.1) is 5.69 Å². The van der Waals surface area contributed by atoms with Crippen LogP contribution in [0.4, 0.5) is 0 Å². The minimum Gasteiger partial charge on any atom is -0.288 e. The van der Waals surface area contributed by atoms with Gasteiger partial charge in [-0.1, -0.05) is 36.0 Å². The first-order valence-corrected chi connectivity index (χ1v) is 6.64. The number of rotatable bonds is 4. The molecule has 0 saturated heterocycles. The predicted molar refractivity (Wildman–Crippen MR) is 75.7 cm³/mol. The Kier molecular flexibility index (Phi) is 4.36. The summed E-state index contributed by atoms with van der Waals surface area (Å²) in [5, 5.41) is 4.32. The molecule has 4 heteroatoms. The van der Waals surface area contributed by atoms with E-state index in [-0.39, 0.29) is 5.12 Å². The van der Waals surface area contributed by atoms with Crippen molar-refractivity contribution in [3.8, 4) is 5.69 Å². The molecule has 0 bridgehead atoms. The third-order valence-electron chi connectivity index (χ3n) is 2.36. The van der Waals surface area contributed by atoms with E-state index in [1.54, 1.807) is 13.1 Å². The molecule has 92 valence electrons. The molecule has 0 radical (unpaired) electrons. The number of hydrogen-bond acceptors (Lipinski definition) is 3. The monoisotopic (exact) mass is 258 g/mol. The SMILES string of the molecule is CC(=O)SCC=Cc1ccc(-n2cccn2)cc1. The van der Waals surface area contributed by atoms with Gasteiger partial charge in [-0.25, -0.2) is 4.68 Å². The van der Waals surface area contributed by atoms with Crippen molar-refractivity contribution in [1.82, 2.24) is 9.78 Å². The van der Waals surface area contributed by atoms with Crippen LogP contribution in [-0.2, 0) is 4.79 Å². The van der Waals surface area contributed by atoms with Crippen molar-refractivity contribution in [3.63, 3.8) is 0 Å². The van der Waals surface area contributed by atoms with Gasteiger partial charge in [-0.05, 0) is 23.8 Å². The molecule has 1 heterocycles. The predicted octanol–water partition coefficient (Wildman–Crippen LogP) is 3.17. The Labute approximate surface area is 111 Å². The smallest absolute Gasteiger partial charge is 0.186 e. The van der Waals surface area contributed by atoms with Crippen molar-refractivity contribution >= 4 is 23.0 Å². The van der Waals surface area contributed by atoms with Crippen LogP contribution in [0.3, 0.4) is 0 Å². The van der Waals surface area contributed by atoms with Gasteiger partial charge in [-0.3, -0.25) is 4.79 Å². The number of benzene rings is 1. The first-order chi connectivity index (χ1) is 8.75. The number of aromatic nitrogens is 2. The molecule has 0 atom stereocenters. The van der Waals surface area contributed by atoms with E-state index in [9.17, 15) is 4.79 Å². The van der Waals surface area contributed by atoms with Gasteiger partial charge in [0.2, 0.25) is 0 Å². The van der Waals surface area contributed by atoms with Gasteiger partial charge >= 0.3 is 0 Å². The molecule has 1 aromatic carbocycles. The second-order valence-electron chi connectivity index (χ2n) is 3.75. The highest BCUT2D eigenvalue weighted by Gasteiger charge is 1.95. The maximum Gasteiger partial charge on any atom is 0.186 e. The van der Waals surface area contributed by atoms with Crippen molar-refractivity contribution in [2.45, 2.75) is 6.92 Å². The molecule has 2 aromatic rings.